The summed E-state index contributed by atoms with van der Waals surface area (Å²) in [7, 11) is -3.61. The molecule has 1 saturated heterocycles. The lowest BCUT2D eigenvalue weighted by Gasteiger charge is -2.33. The van der Waals surface area contributed by atoms with Gasteiger partial charge in [-0.1, -0.05) is 29.8 Å². The molecular weight excluding hydrogens is 428 g/mol. The molecule has 0 aliphatic carbocycles. The van der Waals surface area contributed by atoms with Crippen molar-refractivity contribution in [2.75, 3.05) is 38.0 Å². The van der Waals surface area contributed by atoms with Crippen LogP contribution in [0.25, 0.3) is 0 Å². The van der Waals surface area contributed by atoms with Gasteiger partial charge in [-0.3, -0.25) is 9.69 Å². The predicted molar refractivity (Wildman–Crippen MR) is 113 cm³/mol. The maximum atomic E-state index is 13.0. The highest BCUT2D eigenvalue weighted by atomic mass is 32.2. The van der Waals surface area contributed by atoms with Gasteiger partial charge in [0.25, 0.3) is 0 Å². The van der Waals surface area contributed by atoms with E-state index in [4.69, 9.17) is 0 Å². The smallest absolute Gasteiger partial charge is 0.387 e. The third-order valence-electron chi connectivity index (χ3n) is 5.02. The second-order valence-corrected chi connectivity index (χ2v) is 9.28. The zero-order chi connectivity index (χ0) is 22.6. The lowest BCUT2D eigenvalue weighted by atomic mass is 10.2. The first kappa shape index (κ1) is 23.1. The summed E-state index contributed by atoms with van der Waals surface area (Å²) >= 11 is 0. The third-order valence-corrected chi connectivity index (χ3v) is 7.08. The molecule has 2 aromatic carbocycles. The minimum atomic E-state index is -3.61. The van der Waals surface area contributed by atoms with Crippen molar-refractivity contribution in [2.24, 2.45) is 0 Å². The number of halogens is 2. The molecule has 0 radical (unpaired) electrons. The molecule has 0 unspecified atom stereocenters. The minimum Gasteiger partial charge on any atom is -0.433 e. The van der Waals surface area contributed by atoms with E-state index in [2.05, 4.69) is 10.1 Å². The number of carbonyl (C=O) groups excluding carboxylic acids is 1. The fourth-order valence-electron chi connectivity index (χ4n) is 3.52. The molecule has 1 N–H and O–H groups in total. The van der Waals surface area contributed by atoms with Gasteiger partial charge in [0, 0.05) is 26.2 Å². The fraction of sp³-hybridized carbons (Fsp3) is 0.381. The van der Waals surface area contributed by atoms with E-state index in [0.29, 0.717) is 23.5 Å². The van der Waals surface area contributed by atoms with Gasteiger partial charge < -0.3 is 10.1 Å². The number of benzene rings is 2. The molecule has 0 aromatic heterocycles. The van der Waals surface area contributed by atoms with Crippen LogP contribution in [0.1, 0.15) is 11.1 Å². The summed E-state index contributed by atoms with van der Waals surface area (Å²) in [5, 5.41) is 2.57. The van der Waals surface area contributed by atoms with E-state index in [1.54, 1.807) is 25.1 Å². The van der Waals surface area contributed by atoms with Crippen LogP contribution in [0.3, 0.4) is 0 Å². The summed E-state index contributed by atoms with van der Waals surface area (Å²) < 4.78 is 56.8. The first-order valence-electron chi connectivity index (χ1n) is 9.80. The SMILES string of the molecule is Cc1ccc(S(=O)(=O)N2CCN(CC(=O)Nc3ccccc3OC(F)F)CC2)c(C)c1. The van der Waals surface area contributed by atoms with Gasteiger partial charge >= 0.3 is 6.61 Å². The number of ether oxygens (including phenoxy) is 1. The molecule has 2 aromatic rings. The average molecular weight is 454 g/mol. The second kappa shape index (κ2) is 9.71. The third kappa shape index (κ3) is 5.78. The number of alkyl halides is 2. The summed E-state index contributed by atoms with van der Waals surface area (Å²) in [4.78, 5) is 14.5. The van der Waals surface area contributed by atoms with Crippen molar-refractivity contribution in [1.82, 2.24) is 9.21 Å². The quantitative estimate of drug-likeness (QED) is 0.698. The van der Waals surface area contributed by atoms with Gasteiger partial charge in [-0.05, 0) is 37.6 Å². The normalized spacial score (nSPS) is 15.8. The number of nitrogens with zero attached hydrogens (tertiary/aromatic N) is 2. The first-order chi connectivity index (χ1) is 14.7. The van der Waals surface area contributed by atoms with Crippen LogP contribution in [0.15, 0.2) is 47.4 Å². The molecule has 0 spiro atoms. The second-order valence-electron chi connectivity index (χ2n) is 7.37. The summed E-state index contributed by atoms with van der Waals surface area (Å²) in [5.74, 6) is -0.508. The van der Waals surface area contributed by atoms with Crippen molar-refractivity contribution >= 4 is 21.6 Å². The predicted octanol–water partition coefficient (Wildman–Crippen LogP) is 2.85. The van der Waals surface area contributed by atoms with Crippen LogP contribution in [-0.2, 0) is 14.8 Å². The van der Waals surface area contributed by atoms with Gasteiger partial charge in [0.05, 0.1) is 17.1 Å². The van der Waals surface area contributed by atoms with E-state index in [0.717, 1.165) is 5.56 Å². The maximum Gasteiger partial charge on any atom is 0.387 e. The molecule has 1 heterocycles. The number of anilines is 1. The number of amides is 1. The number of hydrogen-bond donors (Lipinski definition) is 1. The minimum absolute atomic E-state index is 0.0143. The Morgan fingerprint density at radius 2 is 1.77 bits per heavy atom. The topological polar surface area (TPSA) is 79.0 Å². The van der Waals surface area contributed by atoms with Gasteiger partial charge in [-0.15, -0.1) is 0 Å². The maximum absolute atomic E-state index is 13.0. The van der Waals surface area contributed by atoms with Crippen LogP contribution < -0.4 is 10.1 Å². The summed E-state index contributed by atoms with van der Waals surface area (Å²) in [6.45, 7) is 1.98. The Labute approximate surface area is 180 Å². The number of para-hydroxylation sites is 2. The van der Waals surface area contributed by atoms with Crippen LogP contribution in [0.4, 0.5) is 14.5 Å². The molecule has 0 atom stereocenters. The number of hydrogen-bond acceptors (Lipinski definition) is 5. The van der Waals surface area contributed by atoms with E-state index < -0.39 is 22.5 Å². The zero-order valence-electron chi connectivity index (χ0n) is 17.3. The molecule has 0 bridgehead atoms. The molecule has 1 amide bonds. The highest BCUT2D eigenvalue weighted by Gasteiger charge is 2.30. The van der Waals surface area contributed by atoms with Gasteiger partial charge in [0.1, 0.15) is 5.75 Å². The number of nitrogens with one attached hydrogen (secondary N) is 1. The van der Waals surface area contributed by atoms with Crippen LogP contribution in [0, 0.1) is 13.8 Å². The Balaban J connectivity index is 1.57. The molecule has 1 aliphatic heterocycles. The fourth-order valence-corrected chi connectivity index (χ4v) is 5.15. The lowest BCUT2D eigenvalue weighted by Crippen LogP contribution is -2.50. The van der Waals surface area contributed by atoms with Crippen molar-refractivity contribution in [2.45, 2.75) is 25.4 Å². The summed E-state index contributed by atoms with van der Waals surface area (Å²) in [6.07, 6.45) is 0. The molecule has 10 heteroatoms. The van der Waals surface area contributed by atoms with Crippen molar-refractivity contribution in [3.05, 3.63) is 53.6 Å². The number of rotatable bonds is 7. The molecular formula is C21H25F2N3O4S. The van der Waals surface area contributed by atoms with E-state index in [9.17, 15) is 22.0 Å². The summed E-state index contributed by atoms with van der Waals surface area (Å²) in [5.41, 5.74) is 1.85. The zero-order valence-corrected chi connectivity index (χ0v) is 18.2. The number of carbonyl (C=O) groups is 1. The Bertz CT molecular complexity index is 1040. The average Bonchev–Trinajstić information content (AvgIpc) is 2.69. The highest BCUT2D eigenvalue weighted by molar-refractivity contribution is 7.89. The van der Waals surface area contributed by atoms with E-state index in [-0.39, 0.29) is 31.1 Å². The summed E-state index contributed by atoms with van der Waals surface area (Å²) in [6, 6.07) is 11.2. The van der Waals surface area contributed by atoms with Gasteiger partial charge in [0.15, 0.2) is 0 Å². The molecule has 168 valence electrons. The molecule has 0 saturated carbocycles. The van der Waals surface area contributed by atoms with Crippen LogP contribution >= 0.6 is 0 Å². The standard InChI is InChI=1S/C21H25F2N3O4S/c1-15-7-8-19(16(2)13-15)31(28,29)26-11-9-25(10-12-26)14-20(27)24-17-5-3-4-6-18(17)30-21(22)23/h3-8,13,21H,9-12,14H2,1-2H3,(H,24,27). The van der Waals surface area contributed by atoms with E-state index in [1.165, 1.54) is 22.5 Å². The Kier molecular flexibility index (Phi) is 7.24. The van der Waals surface area contributed by atoms with Crippen LogP contribution in [0.5, 0.6) is 5.75 Å². The van der Waals surface area contributed by atoms with E-state index in [1.807, 2.05) is 17.9 Å². The first-order valence-corrected chi connectivity index (χ1v) is 11.2. The molecule has 1 fully saturated rings. The van der Waals surface area contributed by atoms with Gasteiger partial charge in [-0.25, -0.2) is 8.42 Å². The van der Waals surface area contributed by atoms with Crippen LogP contribution in [0.2, 0.25) is 0 Å². The Morgan fingerprint density at radius 3 is 2.42 bits per heavy atom. The number of aryl methyl sites for hydroxylation is 2. The number of piperazine rings is 1. The Morgan fingerprint density at radius 1 is 1.10 bits per heavy atom. The largest absolute Gasteiger partial charge is 0.433 e. The number of sulfonamides is 1. The van der Waals surface area contributed by atoms with E-state index >= 15 is 0 Å². The van der Waals surface area contributed by atoms with Crippen molar-refractivity contribution < 1.29 is 26.7 Å². The molecule has 7 nitrogen and oxygen atoms in total. The molecule has 31 heavy (non-hydrogen) atoms. The van der Waals surface area contributed by atoms with Crippen LogP contribution in [-0.4, -0.2) is 62.9 Å². The monoisotopic (exact) mass is 453 g/mol. The molecule has 3 rings (SSSR count). The highest BCUT2D eigenvalue weighted by Crippen LogP contribution is 2.26. The van der Waals surface area contributed by atoms with Crippen molar-refractivity contribution in [3.63, 3.8) is 0 Å². The molecule has 1 aliphatic rings. The van der Waals surface area contributed by atoms with Crippen molar-refractivity contribution in [3.8, 4) is 5.75 Å². The lowest BCUT2D eigenvalue weighted by molar-refractivity contribution is -0.117. The van der Waals surface area contributed by atoms with Crippen molar-refractivity contribution in [1.29, 1.82) is 0 Å². The van der Waals surface area contributed by atoms with Gasteiger partial charge in [-0.2, -0.15) is 13.1 Å². The van der Waals surface area contributed by atoms with Gasteiger partial charge in [0.2, 0.25) is 15.9 Å². The Hall–Kier alpha value is -2.56.